The van der Waals surface area contributed by atoms with Crippen LogP contribution < -0.4 is 0 Å². The van der Waals surface area contributed by atoms with Gasteiger partial charge in [0.1, 0.15) is 5.58 Å². The van der Waals surface area contributed by atoms with E-state index in [2.05, 4.69) is 66.4 Å². The van der Waals surface area contributed by atoms with Crippen molar-refractivity contribution in [1.82, 2.24) is 0 Å². The normalized spacial score (nSPS) is 11.2. The summed E-state index contributed by atoms with van der Waals surface area (Å²) in [6.07, 6.45) is 1.75. The summed E-state index contributed by atoms with van der Waals surface area (Å²) in [4.78, 5) is 0. The number of fused-ring (bicyclic) bond motifs is 6. The lowest BCUT2D eigenvalue weighted by Crippen LogP contribution is -1.82. The minimum atomic E-state index is 0.936. The molecule has 24 heavy (non-hydrogen) atoms. The minimum Gasteiger partial charge on any atom is -0.464 e. The maximum atomic E-state index is 5.53. The fraction of sp³-hybridized carbons (Fsp3) is 0.0435. The van der Waals surface area contributed by atoms with Crippen LogP contribution in [0.15, 0.2) is 71.3 Å². The van der Waals surface area contributed by atoms with Crippen LogP contribution in [0.25, 0.3) is 43.3 Å². The van der Waals surface area contributed by atoms with Crippen molar-refractivity contribution in [3.63, 3.8) is 0 Å². The van der Waals surface area contributed by atoms with E-state index in [9.17, 15) is 0 Å². The monoisotopic (exact) mass is 306 g/mol. The Morgan fingerprint density at radius 3 is 2.42 bits per heavy atom. The quantitative estimate of drug-likeness (QED) is 0.187. The molecule has 5 aromatic rings. The predicted octanol–water partition coefficient (Wildman–Crippen LogP) is 6.26. The Morgan fingerprint density at radius 2 is 1.50 bits per heavy atom. The number of furan rings is 1. The Kier molecular flexibility index (Phi) is 2.69. The number of rotatable bonds is 0. The van der Waals surface area contributed by atoms with Gasteiger partial charge in [0.25, 0.3) is 0 Å². The number of hydrogen-bond donors (Lipinski definition) is 0. The predicted molar refractivity (Wildman–Crippen MR) is 101 cm³/mol. The first-order valence-corrected chi connectivity index (χ1v) is 8.03. The van der Waals surface area contributed by atoms with Crippen molar-refractivity contribution in [2.24, 2.45) is 0 Å². The third-order valence-electron chi connectivity index (χ3n) is 4.67. The van der Waals surface area contributed by atoms with E-state index in [0.29, 0.717) is 0 Å². The summed E-state index contributed by atoms with van der Waals surface area (Å²) in [6.45, 7) is 1.87. The first-order chi connectivity index (χ1) is 11.8. The van der Waals surface area contributed by atoms with E-state index in [0.717, 1.165) is 11.1 Å². The zero-order valence-corrected chi connectivity index (χ0v) is 13.3. The van der Waals surface area contributed by atoms with E-state index in [1.54, 1.807) is 6.26 Å². The van der Waals surface area contributed by atoms with Gasteiger partial charge in [0.15, 0.2) is 0 Å². The van der Waals surface area contributed by atoms with Crippen LogP contribution in [-0.4, -0.2) is 0 Å². The molecule has 0 aliphatic rings. The smallest absolute Gasteiger partial charge is 0.134 e. The van der Waals surface area contributed by atoms with Crippen molar-refractivity contribution in [3.05, 3.63) is 72.5 Å². The van der Waals surface area contributed by atoms with Gasteiger partial charge in [0.2, 0.25) is 0 Å². The number of benzene rings is 4. The van der Waals surface area contributed by atoms with Crippen molar-refractivity contribution >= 4 is 43.3 Å². The van der Waals surface area contributed by atoms with Crippen LogP contribution >= 0.6 is 0 Å². The van der Waals surface area contributed by atoms with Crippen LogP contribution in [0.2, 0.25) is 0 Å². The molecule has 0 fully saturated rings. The summed E-state index contributed by atoms with van der Waals surface area (Å²) in [7, 11) is 0. The molecule has 0 aliphatic heterocycles. The topological polar surface area (TPSA) is 13.1 Å². The Balaban J connectivity index is 1.90. The summed E-state index contributed by atoms with van der Waals surface area (Å²) in [5, 5.41) is 8.66. The summed E-state index contributed by atoms with van der Waals surface area (Å²) in [5.41, 5.74) is 2.00. The SMILES string of the molecule is CC#Cc1ccc2cc3c(ccc4c5ccoc5ccc34)cc2c1. The van der Waals surface area contributed by atoms with Gasteiger partial charge < -0.3 is 4.42 Å². The maximum Gasteiger partial charge on any atom is 0.134 e. The molecule has 1 heterocycles. The highest BCUT2D eigenvalue weighted by Gasteiger charge is 2.07. The highest BCUT2D eigenvalue weighted by atomic mass is 16.3. The number of hydrogen-bond acceptors (Lipinski definition) is 1. The molecular weight excluding hydrogens is 292 g/mol. The summed E-state index contributed by atoms with van der Waals surface area (Å²) < 4.78 is 5.53. The minimum absolute atomic E-state index is 0.936. The lowest BCUT2D eigenvalue weighted by Gasteiger charge is -2.07. The molecule has 0 N–H and O–H groups in total. The van der Waals surface area contributed by atoms with Crippen LogP contribution in [0.5, 0.6) is 0 Å². The van der Waals surface area contributed by atoms with Gasteiger partial charge in [0, 0.05) is 10.9 Å². The lowest BCUT2D eigenvalue weighted by atomic mass is 9.96. The molecule has 112 valence electrons. The molecule has 0 unspecified atom stereocenters. The third-order valence-corrected chi connectivity index (χ3v) is 4.67. The Bertz CT molecular complexity index is 1310. The zero-order valence-electron chi connectivity index (χ0n) is 13.3. The zero-order chi connectivity index (χ0) is 16.1. The fourth-order valence-corrected chi connectivity index (χ4v) is 3.56. The average Bonchev–Trinajstić information content (AvgIpc) is 3.09. The highest BCUT2D eigenvalue weighted by molar-refractivity contribution is 6.18. The molecule has 1 nitrogen and oxygen atoms in total. The van der Waals surface area contributed by atoms with E-state index in [1.165, 1.54) is 37.7 Å². The molecular formula is C23H14O. The van der Waals surface area contributed by atoms with Crippen LogP contribution in [-0.2, 0) is 0 Å². The Morgan fingerprint density at radius 1 is 0.667 bits per heavy atom. The molecule has 0 saturated carbocycles. The maximum absolute atomic E-state index is 5.53. The summed E-state index contributed by atoms with van der Waals surface area (Å²) >= 11 is 0. The van der Waals surface area contributed by atoms with Crippen molar-refractivity contribution < 1.29 is 4.42 Å². The second-order valence-electron chi connectivity index (χ2n) is 6.07. The van der Waals surface area contributed by atoms with Gasteiger partial charge in [-0.05, 0) is 75.6 Å². The van der Waals surface area contributed by atoms with Crippen LogP contribution in [0.3, 0.4) is 0 Å². The average molecular weight is 306 g/mol. The van der Waals surface area contributed by atoms with Crippen molar-refractivity contribution in [2.45, 2.75) is 6.92 Å². The van der Waals surface area contributed by atoms with E-state index in [4.69, 9.17) is 4.42 Å². The second kappa shape index (κ2) is 4.88. The first-order valence-electron chi connectivity index (χ1n) is 8.03. The Labute approximate surface area is 139 Å². The van der Waals surface area contributed by atoms with Gasteiger partial charge in [-0.15, -0.1) is 5.92 Å². The molecule has 0 saturated heterocycles. The lowest BCUT2D eigenvalue weighted by molar-refractivity contribution is 0.616. The van der Waals surface area contributed by atoms with Gasteiger partial charge in [0.05, 0.1) is 6.26 Å². The van der Waals surface area contributed by atoms with Crippen molar-refractivity contribution in [1.29, 1.82) is 0 Å². The second-order valence-corrected chi connectivity index (χ2v) is 6.07. The molecule has 0 atom stereocenters. The Hall–Kier alpha value is -3.24. The molecule has 4 aromatic carbocycles. The van der Waals surface area contributed by atoms with Gasteiger partial charge >= 0.3 is 0 Å². The third kappa shape index (κ3) is 1.84. The fourth-order valence-electron chi connectivity index (χ4n) is 3.56. The van der Waals surface area contributed by atoms with Crippen molar-refractivity contribution in [2.75, 3.05) is 0 Å². The molecule has 1 heteroatoms. The molecule has 1 aromatic heterocycles. The van der Waals surface area contributed by atoms with E-state index in [1.807, 2.05) is 13.0 Å². The van der Waals surface area contributed by atoms with Gasteiger partial charge in [-0.2, -0.15) is 0 Å². The standard InChI is InChI=1S/C23H14O/c1-2-3-15-4-5-16-14-22-17(13-18(16)12-15)6-7-19-20(22)8-9-23-21(19)10-11-24-23/h4-14H,1H3. The van der Waals surface area contributed by atoms with Gasteiger partial charge in [-0.3, -0.25) is 0 Å². The van der Waals surface area contributed by atoms with Gasteiger partial charge in [-0.1, -0.05) is 30.2 Å². The van der Waals surface area contributed by atoms with E-state index >= 15 is 0 Å². The first kappa shape index (κ1) is 13.2. The molecule has 0 spiro atoms. The van der Waals surface area contributed by atoms with Crippen LogP contribution in [0.4, 0.5) is 0 Å². The van der Waals surface area contributed by atoms with Crippen molar-refractivity contribution in [3.8, 4) is 11.8 Å². The van der Waals surface area contributed by atoms with Crippen LogP contribution in [0, 0.1) is 11.8 Å². The largest absolute Gasteiger partial charge is 0.464 e. The van der Waals surface area contributed by atoms with E-state index in [-0.39, 0.29) is 0 Å². The van der Waals surface area contributed by atoms with Gasteiger partial charge in [-0.25, -0.2) is 0 Å². The summed E-state index contributed by atoms with van der Waals surface area (Å²) in [5.74, 6) is 6.10. The summed E-state index contributed by atoms with van der Waals surface area (Å²) in [6, 6.07) is 21.6. The molecule has 5 rings (SSSR count). The molecule has 0 aliphatic carbocycles. The molecule has 0 amide bonds. The molecule has 0 bridgehead atoms. The highest BCUT2D eigenvalue weighted by Crippen LogP contribution is 2.33. The van der Waals surface area contributed by atoms with Crippen LogP contribution in [0.1, 0.15) is 12.5 Å². The van der Waals surface area contributed by atoms with E-state index < -0.39 is 0 Å². The molecule has 0 radical (unpaired) electrons.